The van der Waals surface area contributed by atoms with Gasteiger partial charge in [-0.2, -0.15) is 0 Å². The van der Waals surface area contributed by atoms with Crippen molar-refractivity contribution in [3.8, 4) is 0 Å². The lowest BCUT2D eigenvalue weighted by Crippen LogP contribution is -2.09. The number of hydrogen-bond donors (Lipinski definition) is 1. The first-order valence-corrected chi connectivity index (χ1v) is 4.77. The van der Waals surface area contributed by atoms with Gasteiger partial charge in [0.25, 0.3) is 0 Å². The van der Waals surface area contributed by atoms with Crippen molar-refractivity contribution in [1.82, 2.24) is 0 Å². The van der Waals surface area contributed by atoms with Crippen LogP contribution in [-0.2, 0) is 16.1 Å². The molecule has 15 heavy (non-hydrogen) atoms. The molecular formula is C11H14O4. The van der Waals surface area contributed by atoms with E-state index in [0.29, 0.717) is 6.42 Å². The summed E-state index contributed by atoms with van der Waals surface area (Å²) in [6.45, 7) is 0.398. The minimum atomic E-state index is -0.702. The smallest absolute Gasteiger partial charge is 0.434 e. The Morgan fingerprint density at radius 3 is 2.60 bits per heavy atom. The summed E-state index contributed by atoms with van der Waals surface area (Å²) in [6, 6.07) is 9.36. The lowest BCUT2D eigenvalue weighted by atomic mass is 10.2. The van der Waals surface area contributed by atoms with Crippen molar-refractivity contribution in [3.63, 3.8) is 0 Å². The first kappa shape index (κ1) is 11.5. The number of carbonyl (C=O) groups excluding carboxylic acids is 1. The molecule has 1 aromatic rings. The second kappa shape index (κ2) is 6.84. The molecular weight excluding hydrogens is 196 g/mol. The highest BCUT2D eigenvalue weighted by molar-refractivity contribution is 5.59. The van der Waals surface area contributed by atoms with Crippen molar-refractivity contribution in [2.45, 2.75) is 13.0 Å². The average molecular weight is 210 g/mol. The molecule has 1 rings (SSSR count). The van der Waals surface area contributed by atoms with Gasteiger partial charge >= 0.3 is 6.16 Å². The minimum Gasteiger partial charge on any atom is -0.434 e. The fourth-order valence-corrected chi connectivity index (χ4v) is 0.978. The van der Waals surface area contributed by atoms with E-state index in [1.165, 1.54) is 0 Å². The van der Waals surface area contributed by atoms with Crippen molar-refractivity contribution in [1.29, 1.82) is 0 Å². The Balaban J connectivity index is 2.17. The van der Waals surface area contributed by atoms with E-state index >= 15 is 0 Å². The quantitative estimate of drug-likeness (QED) is 0.594. The van der Waals surface area contributed by atoms with Gasteiger partial charge in [0, 0.05) is 13.0 Å². The second-order valence-corrected chi connectivity index (χ2v) is 2.95. The molecule has 0 saturated carbocycles. The van der Waals surface area contributed by atoms with Crippen molar-refractivity contribution >= 4 is 6.16 Å². The fourth-order valence-electron chi connectivity index (χ4n) is 0.978. The van der Waals surface area contributed by atoms with E-state index in [2.05, 4.69) is 4.74 Å². The Morgan fingerprint density at radius 2 is 1.93 bits per heavy atom. The molecule has 0 aliphatic rings. The number of rotatable bonds is 5. The standard InChI is InChI=1S/C11H14O4/c12-7-4-8-14-11(13)15-9-10-5-2-1-3-6-10/h1-3,5-6,12H,4,7-9H2. The molecule has 0 spiro atoms. The third-order valence-electron chi connectivity index (χ3n) is 1.72. The Hall–Kier alpha value is -1.55. The highest BCUT2D eigenvalue weighted by Crippen LogP contribution is 2.01. The van der Waals surface area contributed by atoms with E-state index in [1.54, 1.807) is 0 Å². The van der Waals surface area contributed by atoms with Crippen LogP contribution in [0, 0.1) is 0 Å². The summed E-state index contributed by atoms with van der Waals surface area (Å²) in [6.07, 6.45) is -0.271. The van der Waals surface area contributed by atoms with Crippen molar-refractivity contribution < 1.29 is 19.4 Å². The first-order valence-electron chi connectivity index (χ1n) is 4.77. The number of hydrogen-bond acceptors (Lipinski definition) is 4. The zero-order valence-electron chi connectivity index (χ0n) is 8.39. The summed E-state index contributed by atoms with van der Waals surface area (Å²) in [4.78, 5) is 11.0. The van der Waals surface area contributed by atoms with Crippen molar-refractivity contribution in [2.75, 3.05) is 13.2 Å². The van der Waals surface area contributed by atoms with Gasteiger partial charge in [-0.05, 0) is 5.56 Å². The summed E-state index contributed by atoms with van der Waals surface area (Å²) in [5.41, 5.74) is 0.914. The first-order chi connectivity index (χ1) is 7.33. The summed E-state index contributed by atoms with van der Waals surface area (Å²) in [5.74, 6) is 0. The molecule has 0 saturated heterocycles. The van der Waals surface area contributed by atoms with Crippen LogP contribution in [0.15, 0.2) is 30.3 Å². The zero-order chi connectivity index (χ0) is 10.9. The van der Waals surface area contributed by atoms with Gasteiger partial charge in [0.05, 0.1) is 6.61 Å². The maximum Gasteiger partial charge on any atom is 0.508 e. The predicted molar refractivity (Wildman–Crippen MR) is 54.3 cm³/mol. The largest absolute Gasteiger partial charge is 0.508 e. The van der Waals surface area contributed by atoms with E-state index in [9.17, 15) is 4.79 Å². The molecule has 82 valence electrons. The van der Waals surface area contributed by atoms with Crippen LogP contribution in [0.3, 0.4) is 0 Å². The van der Waals surface area contributed by atoms with Crippen LogP contribution in [0.25, 0.3) is 0 Å². The predicted octanol–water partition coefficient (Wildman–Crippen LogP) is 1.72. The molecule has 0 aromatic heterocycles. The van der Waals surface area contributed by atoms with Gasteiger partial charge in [0.2, 0.25) is 0 Å². The number of aliphatic hydroxyl groups excluding tert-OH is 1. The van der Waals surface area contributed by atoms with E-state index in [4.69, 9.17) is 9.84 Å². The van der Waals surface area contributed by atoms with Gasteiger partial charge in [0.1, 0.15) is 6.61 Å². The summed E-state index contributed by atoms with van der Waals surface area (Å²) in [7, 11) is 0. The Morgan fingerprint density at radius 1 is 1.20 bits per heavy atom. The van der Waals surface area contributed by atoms with E-state index < -0.39 is 6.16 Å². The van der Waals surface area contributed by atoms with Gasteiger partial charge in [-0.3, -0.25) is 0 Å². The molecule has 0 aliphatic carbocycles. The minimum absolute atomic E-state index is 0.00592. The number of carbonyl (C=O) groups is 1. The van der Waals surface area contributed by atoms with Crippen LogP contribution in [0.5, 0.6) is 0 Å². The Bertz CT molecular complexity index is 284. The van der Waals surface area contributed by atoms with Crippen molar-refractivity contribution in [3.05, 3.63) is 35.9 Å². The molecule has 4 nitrogen and oxygen atoms in total. The molecule has 0 aliphatic heterocycles. The molecule has 4 heteroatoms. The Labute approximate surface area is 88.4 Å². The summed E-state index contributed by atoms with van der Waals surface area (Å²) in [5, 5.41) is 8.45. The molecule has 0 heterocycles. The normalized spacial score (nSPS) is 9.67. The third-order valence-corrected chi connectivity index (χ3v) is 1.72. The highest BCUT2D eigenvalue weighted by atomic mass is 16.7. The van der Waals surface area contributed by atoms with Gasteiger partial charge in [-0.15, -0.1) is 0 Å². The van der Waals surface area contributed by atoms with Gasteiger partial charge < -0.3 is 14.6 Å². The fraction of sp³-hybridized carbons (Fsp3) is 0.364. The molecule has 0 bridgehead atoms. The summed E-state index contributed by atoms with van der Waals surface area (Å²) < 4.78 is 9.51. The van der Waals surface area contributed by atoms with Crippen LogP contribution < -0.4 is 0 Å². The van der Waals surface area contributed by atoms with E-state index in [1.807, 2.05) is 30.3 Å². The molecule has 0 unspecified atom stereocenters. The maximum absolute atomic E-state index is 11.0. The SMILES string of the molecule is O=C(OCCCO)OCc1ccccc1. The molecule has 1 N–H and O–H groups in total. The molecule has 0 fully saturated rings. The third kappa shape index (κ3) is 5.02. The van der Waals surface area contributed by atoms with Crippen LogP contribution in [0.4, 0.5) is 4.79 Å². The number of aliphatic hydroxyl groups is 1. The van der Waals surface area contributed by atoms with Crippen LogP contribution in [0.2, 0.25) is 0 Å². The van der Waals surface area contributed by atoms with Gasteiger partial charge in [-0.25, -0.2) is 4.79 Å². The average Bonchev–Trinajstić information content (AvgIpc) is 2.28. The van der Waals surface area contributed by atoms with E-state index in [-0.39, 0.29) is 19.8 Å². The van der Waals surface area contributed by atoms with Crippen LogP contribution in [0.1, 0.15) is 12.0 Å². The number of benzene rings is 1. The van der Waals surface area contributed by atoms with Gasteiger partial charge in [-0.1, -0.05) is 30.3 Å². The van der Waals surface area contributed by atoms with Crippen LogP contribution >= 0.6 is 0 Å². The molecule has 1 aromatic carbocycles. The lowest BCUT2D eigenvalue weighted by molar-refractivity contribution is 0.0462. The molecule has 0 radical (unpaired) electrons. The topological polar surface area (TPSA) is 55.8 Å². The zero-order valence-corrected chi connectivity index (χ0v) is 8.39. The summed E-state index contributed by atoms with van der Waals surface area (Å²) >= 11 is 0. The van der Waals surface area contributed by atoms with Crippen LogP contribution in [-0.4, -0.2) is 24.5 Å². The molecule has 0 amide bonds. The number of ether oxygens (including phenoxy) is 2. The lowest BCUT2D eigenvalue weighted by Gasteiger charge is -2.05. The van der Waals surface area contributed by atoms with Crippen molar-refractivity contribution in [2.24, 2.45) is 0 Å². The molecule has 0 atom stereocenters. The van der Waals surface area contributed by atoms with Gasteiger partial charge in [0.15, 0.2) is 0 Å². The second-order valence-electron chi connectivity index (χ2n) is 2.95. The highest BCUT2D eigenvalue weighted by Gasteiger charge is 2.03. The maximum atomic E-state index is 11.0. The monoisotopic (exact) mass is 210 g/mol. The Kier molecular flexibility index (Phi) is 5.25. The van der Waals surface area contributed by atoms with E-state index in [0.717, 1.165) is 5.56 Å².